The molecule has 1 aromatic carbocycles. The van der Waals surface area contributed by atoms with Gasteiger partial charge in [-0.1, -0.05) is 63.9 Å². The number of hydrogen-bond acceptors (Lipinski definition) is 2. The fourth-order valence-corrected chi connectivity index (χ4v) is 3.14. The van der Waals surface area contributed by atoms with Gasteiger partial charge in [-0.3, -0.25) is 4.90 Å². The summed E-state index contributed by atoms with van der Waals surface area (Å²) < 4.78 is 0. The molecule has 1 N–H and O–H groups in total. The largest absolute Gasteiger partial charge is 0.307 e. The molecule has 0 bridgehead atoms. The Hall–Kier alpha value is -0.860. The predicted molar refractivity (Wildman–Crippen MR) is 86.9 cm³/mol. The minimum Gasteiger partial charge on any atom is -0.307 e. The summed E-state index contributed by atoms with van der Waals surface area (Å²) in [7, 11) is 0. The predicted octanol–water partition coefficient (Wildman–Crippen LogP) is 3.85. The first-order valence-corrected chi connectivity index (χ1v) is 8.27. The van der Waals surface area contributed by atoms with Crippen molar-refractivity contribution in [1.82, 2.24) is 10.2 Å². The summed E-state index contributed by atoms with van der Waals surface area (Å²) in [5.41, 5.74) is 1.43. The van der Waals surface area contributed by atoms with Crippen LogP contribution in [0.1, 0.15) is 51.6 Å². The van der Waals surface area contributed by atoms with E-state index in [2.05, 4.69) is 61.3 Å². The maximum Gasteiger partial charge on any atom is 0.0449 e. The third kappa shape index (κ3) is 4.07. The Morgan fingerprint density at radius 2 is 2.00 bits per heavy atom. The molecule has 2 nitrogen and oxygen atoms in total. The zero-order valence-electron chi connectivity index (χ0n) is 13.3. The molecule has 0 aromatic heterocycles. The van der Waals surface area contributed by atoms with Crippen LogP contribution in [0.2, 0.25) is 0 Å². The fourth-order valence-electron chi connectivity index (χ4n) is 3.14. The summed E-state index contributed by atoms with van der Waals surface area (Å²) in [6.45, 7) is 10.5. The van der Waals surface area contributed by atoms with Crippen LogP contribution < -0.4 is 5.32 Å². The molecule has 1 saturated heterocycles. The Bertz CT molecular complexity index is 376. The lowest BCUT2D eigenvalue weighted by molar-refractivity contribution is 0.105. The Labute approximate surface area is 124 Å². The van der Waals surface area contributed by atoms with E-state index >= 15 is 0 Å². The van der Waals surface area contributed by atoms with Crippen molar-refractivity contribution < 1.29 is 0 Å². The van der Waals surface area contributed by atoms with Gasteiger partial charge in [0.15, 0.2) is 0 Å². The first-order valence-electron chi connectivity index (χ1n) is 8.27. The highest BCUT2D eigenvalue weighted by molar-refractivity contribution is 5.20. The number of hydrogen-bond donors (Lipinski definition) is 1. The van der Waals surface area contributed by atoms with E-state index in [9.17, 15) is 0 Å². The van der Waals surface area contributed by atoms with Crippen molar-refractivity contribution in [2.45, 2.75) is 52.1 Å². The average molecular weight is 274 g/mol. The van der Waals surface area contributed by atoms with Gasteiger partial charge in [0.1, 0.15) is 0 Å². The van der Waals surface area contributed by atoms with E-state index in [4.69, 9.17) is 0 Å². The number of nitrogens with zero attached hydrogens (tertiary/aromatic N) is 1. The Balaban J connectivity index is 2.03. The Kier molecular flexibility index (Phi) is 6.06. The maximum absolute atomic E-state index is 3.75. The lowest BCUT2D eigenvalue weighted by atomic mass is 9.97. The van der Waals surface area contributed by atoms with Crippen LogP contribution in [-0.2, 0) is 0 Å². The van der Waals surface area contributed by atoms with Gasteiger partial charge in [0, 0.05) is 31.7 Å². The average Bonchev–Trinajstić information content (AvgIpc) is 2.50. The van der Waals surface area contributed by atoms with E-state index in [0.29, 0.717) is 12.1 Å². The van der Waals surface area contributed by atoms with Crippen LogP contribution in [-0.4, -0.2) is 30.6 Å². The van der Waals surface area contributed by atoms with Gasteiger partial charge in [-0.05, 0) is 17.9 Å². The zero-order valence-corrected chi connectivity index (χ0v) is 13.3. The molecule has 0 aliphatic carbocycles. The molecule has 0 radical (unpaired) electrons. The highest BCUT2D eigenvalue weighted by Crippen LogP contribution is 2.23. The van der Waals surface area contributed by atoms with E-state index < -0.39 is 0 Å². The molecule has 2 rings (SSSR count). The van der Waals surface area contributed by atoms with Gasteiger partial charge >= 0.3 is 0 Å². The molecular weight excluding hydrogens is 244 g/mol. The molecule has 1 aliphatic rings. The van der Waals surface area contributed by atoms with Crippen molar-refractivity contribution in [3.05, 3.63) is 35.9 Å². The summed E-state index contributed by atoms with van der Waals surface area (Å²) in [6, 6.07) is 12.1. The number of nitrogens with one attached hydrogen (secondary N) is 1. The number of benzene rings is 1. The Morgan fingerprint density at radius 3 is 2.65 bits per heavy atom. The topological polar surface area (TPSA) is 15.3 Å². The molecule has 0 saturated carbocycles. The summed E-state index contributed by atoms with van der Waals surface area (Å²) in [5, 5.41) is 3.75. The van der Waals surface area contributed by atoms with Crippen molar-refractivity contribution in [3.8, 4) is 0 Å². The van der Waals surface area contributed by atoms with Gasteiger partial charge in [0.05, 0.1) is 0 Å². The number of rotatable bonds is 6. The summed E-state index contributed by atoms with van der Waals surface area (Å²) in [6.07, 6.45) is 3.86. The van der Waals surface area contributed by atoms with E-state index in [1.807, 2.05) is 0 Å². The quantitative estimate of drug-likeness (QED) is 0.847. The molecule has 3 atom stereocenters. The van der Waals surface area contributed by atoms with Crippen LogP contribution >= 0.6 is 0 Å². The lowest BCUT2D eigenvalue weighted by Crippen LogP contribution is -2.53. The Morgan fingerprint density at radius 1 is 1.25 bits per heavy atom. The van der Waals surface area contributed by atoms with Gasteiger partial charge in [-0.25, -0.2) is 0 Å². The second kappa shape index (κ2) is 7.80. The van der Waals surface area contributed by atoms with Gasteiger partial charge < -0.3 is 5.32 Å². The van der Waals surface area contributed by atoms with Crippen LogP contribution in [0.3, 0.4) is 0 Å². The molecule has 0 spiro atoms. The molecule has 20 heavy (non-hydrogen) atoms. The molecule has 1 aliphatic heterocycles. The molecule has 2 heteroatoms. The van der Waals surface area contributed by atoms with Crippen LogP contribution in [0.15, 0.2) is 30.3 Å². The van der Waals surface area contributed by atoms with Gasteiger partial charge in [0.2, 0.25) is 0 Å². The van der Waals surface area contributed by atoms with Gasteiger partial charge in [-0.2, -0.15) is 0 Å². The van der Waals surface area contributed by atoms with Crippen molar-refractivity contribution >= 4 is 0 Å². The smallest absolute Gasteiger partial charge is 0.0449 e. The van der Waals surface area contributed by atoms with E-state index in [1.54, 1.807) is 0 Å². The van der Waals surface area contributed by atoms with E-state index in [1.165, 1.54) is 31.4 Å². The zero-order chi connectivity index (χ0) is 14.4. The first kappa shape index (κ1) is 15.5. The second-order valence-electron chi connectivity index (χ2n) is 6.28. The molecule has 112 valence electrons. The minimum atomic E-state index is 0.494. The molecular formula is C18H30N2. The van der Waals surface area contributed by atoms with Crippen molar-refractivity contribution in [2.75, 3.05) is 19.6 Å². The maximum atomic E-state index is 3.75. The SMILES string of the molecule is CCCC1CNC(c2ccccc2)CN1CC(C)CC. The molecule has 1 heterocycles. The van der Waals surface area contributed by atoms with Crippen molar-refractivity contribution in [3.63, 3.8) is 0 Å². The lowest BCUT2D eigenvalue weighted by Gasteiger charge is -2.42. The fraction of sp³-hybridized carbons (Fsp3) is 0.667. The standard InChI is InChI=1S/C18H30N2/c1-4-9-17-12-19-18(16-10-7-6-8-11-16)14-20(17)13-15(3)5-2/h6-8,10-11,15,17-19H,4-5,9,12-14H2,1-3H3. The van der Waals surface area contributed by atoms with Crippen LogP contribution in [0.5, 0.6) is 0 Å². The normalized spacial score (nSPS) is 25.6. The summed E-state index contributed by atoms with van der Waals surface area (Å²) in [5.74, 6) is 0.795. The van der Waals surface area contributed by atoms with Crippen LogP contribution in [0, 0.1) is 5.92 Å². The summed E-state index contributed by atoms with van der Waals surface area (Å²) in [4.78, 5) is 2.73. The third-order valence-corrected chi connectivity index (χ3v) is 4.60. The molecule has 1 fully saturated rings. The first-order chi connectivity index (χ1) is 9.74. The monoisotopic (exact) mass is 274 g/mol. The van der Waals surface area contributed by atoms with E-state index in [0.717, 1.165) is 19.0 Å². The van der Waals surface area contributed by atoms with Gasteiger partial charge in [-0.15, -0.1) is 0 Å². The minimum absolute atomic E-state index is 0.494. The van der Waals surface area contributed by atoms with Crippen LogP contribution in [0.4, 0.5) is 0 Å². The summed E-state index contributed by atoms with van der Waals surface area (Å²) >= 11 is 0. The molecule has 3 unspecified atom stereocenters. The second-order valence-corrected chi connectivity index (χ2v) is 6.28. The van der Waals surface area contributed by atoms with Gasteiger partial charge in [0.25, 0.3) is 0 Å². The highest BCUT2D eigenvalue weighted by atomic mass is 15.2. The number of piperazine rings is 1. The molecule has 0 amide bonds. The highest BCUT2D eigenvalue weighted by Gasteiger charge is 2.28. The third-order valence-electron chi connectivity index (χ3n) is 4.60. The van der Waals surface area contributed by atoms with Crippen molar-refractivity contribution in [1.29, 1.82) is 0 Å². The molecule has 1 aromatic rings. The van der Waals surface area contributed by atoms with Crippen molar-refractivity contribution in [2.24, 2.45) is 5.92 Å². The van der Waals surface area contributed by atoms with Crippen LogP contribution in [0.25, 0.3) is 0 Å². The van der Waals surface area contributed by atoms with E-state index in [-0.39, 0.29) is 0 Å².